The van der Waals surface area contributed by atoms with Gasteiger partial charge in [0.1, 0.15) is 21.9 Å². The summed E-state index contributed by atoms with van der Waals surface area (Å²) in [6, 6.07) is 9.83. The molecule has 3 heterocycles. The largest absolute Gasteiger partial charge is 0.392 e. The summed E-state index contributed by atoms with van der Waals surface area (Å²) in [4.78, 5) is 12.7. The van der Waals surface area contributed by atoms with Gasteiger partial charge in [-0.1, -0.05) is 35.5 Å². The van der Waals surface area contributed by atoms with E-state index in [1.54, 1.807) is 11.3 Å². The predicted molar refractivity (Wildman–Crippen MR) is 125 cm³/mol. The number of aromatic nitrogens is 2. The third-order valence-corrected chi connectivity index (χ3v) is 7.20. The number of hydrogen-bond donors (Lipinski definition) is 1. The van der Waals surface area contributed by atoms with E-state index in [9.17, 15) is 5.26 Å². The van der Waals surface area contributed by atoms with Crippen LogP contribution in [0.25, 0.3) is 15.4 Å². The minimum absolute atomic E-state index is 0.0204. The number of nitriles is 1. The number of nitrogens with zero attached hydrogens (tertiary/aromatic N) is 4. The number of nitrogen functional groups attached to an aromatic ring is 1. The minimum Gasteiger partial charge on any atom is -0.392 e. The summed E-state index contributed by atoms with van der Waals surface area (Å²) in [5, 5.41) is 14.0. The van der Waals surface area contributed by atoms with Crippen LogP contribution in [0.2, 0.25) is 5.02 Å². The molecule has 2 N–H and O–H groups in total. The normalized spacial score (nSPS) is 15.9. The van der Waals surface area contributed by atoms with E-state index in [1.807, 2.05) is 29.6 Å². The Labute approximate surface area is 193 Å². The van der Waals surface area contributed by atoms with Gasteiger partial charge in [0.2, 0.25) is 5.69 Å². The highest BCUT2D eigenvalue weighted by atomic mass is 35.5. The quantitative estimate of drug-likeness (QED) is 0.363. The molecule has 1 atom stereocenters. The number of benzene rings is 1. The van der Waals surface area contributed by atoms with Crippen molar-refractivity contribution in [2.45, 2.75) is 29.5 Å². The van der Waals surface area contributed by atoms with Crippen molar-refractivity contribution in [3.8, 4) is 16.6 Å². The Balaban J connectivity index is 1.60. The number of rotatable bonds is 5. The van der Waals surface area contributed by atoms with Gasteiger partial charge in [0.05, 0.1) is 24.4 Å². The maximum absolute atomic E-state index is 9.90. The first-order chi connectivity index (χ1) is 15.1. The van der Waals surface area contributed by atoms with Crippen molar-refractivity contribution in [1.29, 1.82) is 5.26 Å². The van der Waals surface area contributed by atoms with Gasteiger partial charge < -0.3 is 10.5 Å². The number of thioether (sulfide) groups is 1. The number of pyridine rings is 1. The average Bonchev–Trinajstić information content (AvgIpc) is 3.27. The van der Waals surface area contributed by atoms with Crippen LogP contribution in [-0.2, 0) is 10.5 Å². The van der Waals surface area contributed by atoms with E-state index in [1.165, 1.54) is 11.8 Å². The first-order valence-corrected chi connectivity index (χ1v) is 11.9. The summed E-state index contributed by atoms with van der Waals surface area (Å²) >= 11 is 8.93. The zero-order valence-corrected chi connectivity index (χ0v) is 18.9. The van der Waals surface area contributed by atoms with Crippen molar-refractivity contribution in [2.24, 2.45) is 0 Å². The van der Waals surface area contributed by atoms with Gasteiger partial charge >= 0.3 is 0 Å². The van der Waals surface area contributed by atoms with Gasteiger partial charge in [0, 0.05) is 28.3 Å². The molecule has 0 radical (unpaired) electrons. The van der Waals surface area contributed by atoms with Crippen molar-refractivity contribution in [2.75, 3.05) is 18.9 Å². The molecule has 0 saturated carbocycles. The Hall–Kier alpha value is -2.62. The molecule has 0 bridgehead atoms. The molecule has 1 aliphatic rings. The summed E-state index contributed by atoms with van der Waals surface area (Å²) in [6.45, 7) is 8.74. The second-order valence-electron chi connectivity index (χ2n) is 7.02. The molecule has 0 amide bonds. The van der Waals surface area contributed by atoms with Gasteiger partial charge in [-0.25, -0.2) is 14.8 Å². The van der Waals surface area contributed by atoms with E-state index in [2.05, 4.69) is 15.9 Å². The number of thiazole rings is 1. The minimum atomic E-state index is -0.0204. The van der Waals surface area contributed by atoms with E-state index in [0.717, 1.165) is 29.1 Å². The lowest BCUT2D eigenvalue weighted by Gasteiger charge is -2.25. The van der Waals surface area contributed by atoms with Crippen LogP contribution in [0.3, 0.4) is 0 Å². The Morgan fingerprint density at radius 2 is 2.16 bits per heavy atom. The Bertz CT molecular complexity index is 1170. The lowest BCUT2D eigenvalue weighted by Crippen LogP contribution is -2.18. The van der Waals surface area contributed by atoms with E-state index in [4.69, 9.17) is 33.6 Å². The SMILES string of the molecule is [C-]#[N+]c1c(N)nc(SCc2csc(-c3ccc(Cl)cc3)n2)c(C#N)c1C1CCCOC1. The van der Waals surface area contributed by atoms with Crippen LogP contribution >= 0.6 is 34.7 Å². The van der Waals surface area contributed by atoms with Crippen molar-refractivity contribution in [3.63, 3.8) is 0 Å². The monoisotopic (exact) mass is 467 g/mol. The Morgan fingerprint density at radius 1 is 1.35 bits per heavy atom. The van der Waals surface area contributed by atoms with Gasteiger partial charge in [-0.05, 0) is 36.5 Å². The average molecular weight is 468 g/mol. The molecule has 0 aliphatic carbocycles. The Morgan fingerprint density at radius 3 is 2.84 bits per heavy atom. The molecule has 0 spiro atoms. The fourth-order valence-corrected chi connectivity index (χ4v) is 5.48. The smallest absolute Gasteiger partial charge is 0.232 e. The van der Waals surface area contributed by atoms with Crippen LogP contribution in [0, 0.1) is 17.9 Å². The van der Waals surface area contributed by atoms with Crippen LogP contribution < -0.4 is 5.73 Å². The summed E-state index contributed by atoms with van der Waals surface area (Å²) in [6.07, 6.45) is 1.76. The van der Waals surface area contributed by atoms with Gasteiger partial charge in [0.15, 0.2) is 0 Å². The second-order valence-corrected chi connectivity index (χ2v) is 9.28. The molecule has 3 aromatic rings. The molecule has 1 aliphatic heterocycles. The zero-order chi connectivity index (χ0) is 21.8. The van der Waals surface area contributed by atoms with Crippen LogP contribution in [0.4, 0.5) is 11.5 Å². The molecule has 1 saturated heterocycles. The van der Waals surface area contributed by atoms with E-state index < -0.39 is 0 Å². The maximum Gasteiger partial charge on any atom is 0.232 e. The lowest BCUT2D eigenvalue weighted by molar-refractivity contribution is 0.0805. The summed E-state index contributed by atoms with van der Waals surface area (Å²) < 4.78 is 5.60. The molecule has 6 nitrogen and oxygen atoms in total. The fourth-order valence-electron chi connectivity index (χ4n) is 3.53. The molecule has 156 valence electrons. The van der Waals surface area contributed by atoms with Crippen molar-refractivity contribution in [1.82, 2.24) is 9.97 Å². The third kappa shape index (κ3) is 4.68. The topological polar surface area (TPSA) is 89.2 Å². The molecular formula is C22H18ClN5OS2. The number of halogens is 1. The summed E-state index contributed by atoms with van der Waals surface area (Å²) in [5.41, 5.74) is 9.38. The van der Waals surface area contributed by atoms with Crippen molar-refractivity contribution >= 4 is 46.2 Å². The molecule has 2 aromatic heterocycles. The van der Waals surface area contributed by atoms with Crippen molar-refractivity contribution in [3.05, 3.63) is 62.9 Å². The maximum atomic E-state index is 9.90. The first-order valence-electron chi connectivity index (χ1n) is 9.62. The molecule has 9 heteroatoms. The summed E-state index contributed by atoms with van der Waals surface area (Å²) in [7, 11) is 0. The lowest BCUT2D eigenvalue weighted by atomic mass is 9.89. The molecule has 1 unspecified atom stereocenters. The molecular weight excluding hydrogens is 450 g/mol. The van der Waals surface area contributed by atoms with Crippen LogP contribution in [0.1, 0.15) is 35.6 Å². The van der Waals surface area contributed by atoms with Crippen LogP contribution in [-0.4, -0.2) is 23.2 Å². The highest BCUT2D eigenvalue weighted by Crippen LogP contribution is 2.42. The highest BCUT2D eigenvalue weighted by Gasteiger charge is 2.27. The fraction of sp³-hybridized carbons (Fsp3) is 0.273. The molecule has 1 aromatic carbocycles. The summed E-state index contributed by atoms with van der Waals surface area (Å²) in [5.74, 6) is 0.688. The van der Waals surface area contributed by atoms with E-state index in [-0.39, 0.29) is 17.4 Å². The highest BCUT2D eigenvalue weighted by molar-refractivity contribution is 7.98. The standard InChI is InChI=1S/C22H18ClN5OS2/c1-26-19-18(14-3-2-8-29-10-14)17(9-24)22(28-20(19)25)31-12-16-11-30-21(27-16)13-4-6-15(23)7-5-13/h4-7,11,14H,2-3,8,10,12H2,(H2,25,28). The van der Waals surface area contributed by atoms with Crippen molar-refractivity contribution < 1.29 is 4.74 Å². The molecule has 1 fully saturated rings. The molecule has 31 heavy (non-hydrogen) atoms. The number of anilines is 1. The van der Waals surface area contributed by atoms with Gasteiger partial charge in [-0.2, -0.15) is 5.26 Å². The number of nitrogens with two attached hydrogens (primary N) is 1. The van der Waals surface area contributed by atoms with Gasteiger partial charge in [-0.3, -0.25) is 0 Å². The zero-order valence-electron chi connectivity index (χ0n) is 16.5. The van der Waals surface area contributed by atoms with Crippen LogP contribution in [0.15, 0.2) is 34.7 Å². The Kier molecular flexibility index (Phi) is 6.74. The number of hydrogen-bond acceptors (Lipinski definition) is 7. The van der Waals surface area contributed by atoms with Gasteiger partial charge in [0.25, 0.3) is 0 Å². The van der Waals surface area contributed by atoms with E-state index >= 15 is 0 Å². The second kappa shape index (κ2) is 9.67. The van der Waals surface area contributed by atoms with E-state index in [0.29, 0.717) is 40.1 Å². The number of ether oxygens (including phenoxy) is 1. The third-order valence-electron chi connectivity index (χ3n) is 4.99. The van der Waals surface area contributed by atoms with Gasteiger partial charge in [-0.15, -0.1) is 11.3 Å². The first kappa shape index (κ1) is 21.6. The molecule has 4 rings (SSSR count). The predicted octanol–water partition coefficient (Wildman–Crippen LogP) is 6.05. The van der Waals surface area contributed by atoms with Crippen LogP contribution in [0.5, 0.6) is 0 Å².